The third-order valence-electron chi connectivity index (χ3n) is 6.17. The van der Waals surface area contributed by atoms with Crippen LogP contribution in [0.3, 0.4) is 0 Å². The van der Waals surface area contributed by atoms with E-state index in [1.165, 1.54) is 103 Å². The van der Waals surface area contributed by atoms with E-state index in [0.717, 1.165) is 0 Å². The van der Waals surface area contributed by atoms with Gasteiger partial charge in [0.15, 0.2) is 0 Å². The molecule has 0 aliphatic rings. The van der Waals surface area contributed by atoms with Crippen molar-refractivity contribution in [3.63, 3.8) is 0 Å². The smallest absolute Gasteiger partial charge is 0.340 e. The van der Waals surface area contributed by atoms with Gasteiger partial charge in [0.05, 0.1) is 0 Å². The van der Waals surface area contributed by atoms with E-state index in [1.54, 1.807) is 0 Å². The first-order chi connectivity index (χ1) is 17.0. The molecule has 0 aliphatic heterocycles. The Balaban J connectivity index is -0.0000000819. The van der Waals surface area contributed by atoms with Crippen molar-refractivity contribution >= 4 is 8.60 Å². The van der Waals surface area contributed by atoms with Gasteiger partial charge in [-0.2, -0.15) is 23.7 Å². The van der Waals surface area contributed by atoms with Crippen LogP contribution in [0, 0.1) is 51.4 Å². The van der Waals surface area contributed by atoms with Gasteiger partial charge in [0, 0.05) is 0 Å². The fourth-order valence-corrected chi connectivity index (χ4v) is 2.79. The van der Waals surface area contributed by atoms with Gasteiger partial charge in [0.1, 0.15) is 0 Å². The van der Waals surface area contributed by atoms with E-state index < -0.39 is 8.60 Å². The molecule has 5 heteroatoms. The second-order valence-electron chi connectivity index (χ2n) is 9.93. The average molecular weight is 583 g/mol. The first-order valence-electron chi connectivity index (χ1n) is 15.2. The van der Waals surface area contributed by atoms with Crippen molar-refractivity contribution in [1.29, 1.82) is 0 Å². The van der Waals surface area contributed by atoms with Crippen molar-refractivity contribution in [3.05, 3.63) is 27.7 Å². The molecule has 0 aliphatic carbocycles. The molecule has 0 aromatic rings. The Morgan fingerprint density at radius 1 is 0.432 bits per heavy atom. The van der Waals surface area contributed by atoms with Crippen LogP contribution in [0.15, 0.2) is 0 Å². The standard InChI is InChI=1S/4C8H17.H3O3P.Ti/c4*1-4-6-7-8(3)5-2;1-4(2)3;/h4*8H,3-7H2,1-2H3;1-3H;/q4*-1;;+4. The summed E-state index contributed by atoms with van der Waals surface area (Å²) in [6.07, 6.45) is 20.8. The molecule has 0 amide bonds. The van der Waals surface area contributed by atoms with Crippen LogP contribution >= 0.6 is 8.60 Å². The molecule has 0 spiro atoms. The summed E-state index contributed by atoms with van der Waals surface area (Å²) in [5, 5.41) is 0. The molecule has 4 atom stereocenters. The zero-order chi connectivity index (χ0) is 29.2. The maximum absolute atomic E-state index is 7.23. The van der Waals surface area contributed by atoms with Crippen molar-refractivity contribution < 1.29 is 36.4 Å². The first kappa shape index (κ1) is 50.8. The fraction of sp³-hybridized carbons (Fsp3) is 0.875. The summed E-state index contributed by atoms with van der Waals surface area (Å²) in [7, 11) is -2.62. The number of rotatable bonds is 16. The van der Waals surface area contributed by atoms with Crippen LogP contribution in [0.4, 0.5) is 0 Å². The van der Waals surface area contributed by atoms with Crippen LogP contribution < -0.4 is 0 Å². The molecule has 3 N–H and O–H groups in total. The summed E-state index contributed by atoms with van der Waals surface area (Å²) >= 11 is 0. The van der Waals surface area contributed by atoms with Crippen molar-refractivity contribution in [3.8, 4) is 0 Å². The van der Waals surface area contributed by atoms with Crippen molar-refractivity contribution in [2.24, 2.45) is 23.7 Å². The minimum Gasteiger partial charge on any atom is -0.340 e. The summed E-state index contributed by atoms with van der Waals surface area (Å²) < 4.78 is 0. The molecule has 3 nitrogen and oxygen atoms in total. The van der Waals surface area contributed by atoms with E-state index in [4.69, 9.17) is 14.7 Å². The van der Waals surface area contributed by atoms with Crippen molar-refractivity contribution in [2.45, 2.75) is 158 Å². The molecule has 0 rings (SSSR count). The largest absolute Gasteiger partial charge is 4.00 e. The second-order valence-corrected chi connectivity index (χ2v) is 10.5. The summed E-state index contributed by atoms with van der Waals surface area (Å²) in [4.78, 5) is 21.7. The molecular formula is C32H71O3PTi. The van der Waals surface area contributed by atoms with Gasteiger partial charge in [-0.05, 0) is 0 Å². The number of hydrogen-bond donors (Lipinski definition) is 3. The predicted octanol–water partition coefficient (Wildman–Crippen LogP) is 11.3. The molecule has 37 heavy (non-hydrogen) atoms. The Hall–Kier alpha value is 1.02. The molecule has 0 aromatic heterocycles. The Labute approximate surface area is 253 Å². The second kappa shape index (κ2) is 46.9. The predicted molar refractivity (Wildman–Crippen MR) is 168 cm³/mol. The van der Waals surface area contributed by atoms with E-state index in [-0.39, 0.29) is 21.7 Å². The molecular weight excluding hydrogens is 511 g/mol. The van der Waals surface area contributed by atoms with Crippen LogP contribution in [-0.4, -0.2) is 14.7 Å². The Morgan fingerprint density at radius 2 is 0.568 bits per heavy atom. The van der Waals surface area contributed by atoms with Gasteiger partial charge >= 0.3 is 30.3 Å². The molecule has 0 bridgehead atoms. The van der Waals surface area contributed by atoms with Gasteiger partial charge in [0.2, 0.25) is 0 Å². The molecule has 0 aromatic carbocycles. The Kier molecular flexibility index (Phi) is 64.4. The van der Waals surface area contributed by atoms with Crippen LogP contribution in [0.5, 0.6) is 0 Å². The van der Waals surface area contributed by atoms with Gasteiger partial charge in [-0.25, -0.2) is 0 Å². The number of unbranched alkanes of at least 4 members (excludes halogenated alkanes) is 4. The molecule has 4 unspecified atom stereocenters. The molecule has 0 heterocycles. The number of hydrogen-bond acceptors (Lipinski definition) is 3. The minimum absolute atomic E-state index is 0. The van der Waals surface area contributed by atoms with E-state index in [1.807, 2.05) is 0 Å². The van der Waals surface area contributed by atoms with Gasteiger partial charge in [-0.3, -0.25) is 0 Å². The van der Waals surface area contributed by atoms with Gasteiger partial charge in [0.25, 0.3) is 0 Å². The van der Waals surface area contributed by atoms with E-state index in [0.29, 0.717) is 23.7 Å². The van der Waals surface area contributed by atoms with Crippen LogP contribution in [0.2, 0.25) is 0 Å². The summed E-state index contributed by atoms with van der Waals surface area (Å²) in [5.74, 6) is 2.81. The van der Waals surface area contributed by atoms with Gasteiger partial charge in [-0.1, -0.05) is 158 Å². The van der Waals surface area contributed by atoms with Gasteiger partial charge in [-0.15, -0.1) is 0 Å². The normalized spacial score (nSPS) is 13.0. The molecule has 0 saturated carbocycles. The molecule has 0 fully saturated rings. The van der Waals surface area contributed by atoms with Gasteiger partial charge < -0.3 is 42.4 Å². The van der Waals surface area contributed by atoms with Crippen LogP contribution in [-0.2, 0) is 21.7 Å². The van der Waals surface area contributed by atoms with Crippen molar-refractivity contribution in [2.75, 3.05) is 0 Å². The zero-order valence-corrected chi connectivity index (χ0v) is 29.2. The summed E-state index contributed by atoms with van der Waals surface area (Å²) in [6.45, 7) is 33.7. The van der Waals surface area contributed by atoms with E-state index in [2.05, 4.69) is 83.1 Å². The summed E-state index contributed by atoms with van der Waals surface area (Å²) in [5.41, 5.74) is 0. The molecule has 226 valence electrons. The fourth-order valence-electron chi connectivity index (χ4n) is 2.79. The van der Waals surface area contributed by atoms with E-state index >= 15 is 0 Å². The quantitative estimate of drug-likeness (QED) is 0.0964. The zero-order valence-electron chi connectivity index (χ0n) is 26.7. The molecule has 0 radical (unpaired) electrons. The van der Waals surface area contributed by atoms with E-state index in [9.17, 15) is 0 Å². The monoisotopic (exact) mass is 582 g/mol. The Morgan fingerprint density at radius 3 is 0.649 bits per heavy atom. The third kappa shape index (κ3) is 72.5. The average Bonchev–Trinajstić information content (AvgIpc) is 2.87. The molecule has 0 saturated heterocycles. The van der Waals surface area contributed by atoms with Crippen LogP contribution in [0.1, 0.15) is 158 Å². The summed E-state index contributed by atoms with van der Waals surface area (Å²) in [6, 6.07) is 0. The third-order valence-corrected chi connectivity index (χ3v) is 6.17. The van der Waals surface area contributed by atoms with Crippen molar-refractivity contribution in [1.82, 2.24) is 0 Å². The first-order valence-corrected chi connectivity index (χ1v) is 16.4. The topological polar surface area (TPSA) is 60.7 Å². The Bertz CT molecular complexity index is 274. The SMILES string of the molecule is OP(O)O.[CH2-]C(CC)CCCC.[CH2-]C(CC)CCCC.[CH2-]C(CC)CCCC.[CH2-]C(CC)CCCC.[Ti+4]. The minimum atomic E-state index is -2.62. The van der Waals surface area contributed by atoms with Crippen LogP contribution in [0.25, 0.3) is 0 Å². The maximum atomic E-state index is 7.23. The maximum Gasteiger partial charge on any atom is 4.00 e.